The van der Waals surface area contributed by atoms with E-state index in [9.17, 15) is 4.79 Å². The van der Waals surface area contributed by atoms with Crippen LogP contribution in [0.4, 0.5) is 0 Å². The van der Waals surface area contributed by atoms with Crippen LogP contribution in [-0.2, 0) is 0 Å². The second kappa shape index (κ2) is 8.91. The van der Waals surface area contributed by atoms with Gasteiger partial charge in [0.05, 0.1) is 6.20 Å². The first-order valence-electron chi connectivity index (χ1n) is 9.14. The van der Waals surface area contributed by atoms with E-state index in [0.29, 0.717) is 10.9 Å². The predicted molar refractivity (Wildman–Crippen MR) is 108 cm³/mol. The number of piperidine rings is 1. The SMILES string of the molecule is CCCN(C(=O)c1cnc(-c2ccc3c(c2)OCO3)s1)C1CCNCC1.Cl. The highest BCUT2D eigenvalue weighted by atomic mass is 35.5. The van der Waals surface area contributed by atoms with E-state index in [0.717, 1.165) is 61.0 Å². The molecule has 0 bridgehead atoms. The van der Waals surface area contributed by atoms with Crippen molar-refractivity contribution < 1.29 is 14.3 Å². The maximum Gasteiger partial charge on any atom is 0.265 e. The monoisotopic (exact) mass is 409 g/mol. The van der Waals surface area contributed by atoms with Gasteiger partial charge in [-0.1, -0.05) is 6.92 Å². The highest BCUT2D eigenvalue weighted by Crippen LogP contribution is 2.37. The summed E-state index contributed by atoms with van der Waals surface area (Å²) in [7, 11) is 0. The molecule has 6 nitrogen and oxygen atoms in total. The van der Waals surface area contributed by atoms with Crippen LogP contribution < -0.4 is 14.8 Å². The number of hydrogen-bond donors (Lipinski definition) is 1. The Hall–Kier alpha value is -1.83. The lowest BCUT2D eigenvalue weighted by atomic mass is 10.0. The molecule has 2 aliphatic rings. The maximum absolute atomic E-state index is 13.1. The minimum absolute atomic E-state index is 0. The zero-order valence-electron chi connectivity index (χ0n) is 15.3. The van der Waals surface area contributed by atoms with Crippen LogP contribution in [0, 0.1) is 0 Å². The van der Waals surface area contributed by atoms with Gasteiger partial charge in [-0.15, -0.1) is 23.7 Å². The number of nitrogens with zero attached hydrogens (tertiary/aromatic N) is 2. The normalized spacial score (nSPS) is 16.0. The molecule has 1 N–H and O–H groups in total. The second-order valence-electron chi connectivity index (χ2n) is 6.58. The molecule has 2 aromatic rings. The van der Waals surface area contributed by atoms with E-state index in [-0.39, 0.29) is 25.1 Å². The van der Waals surface area contributed by atoms with Crippen molar-refractivity contribution in [3.8, 4) is 22.1 Å². The Morgan fingerprint density at radius 2 is 2.07 bits per heavy atom. The number of amides is 1. The molecule has 0 unspecified atom stereocenters. The lowest BCUT2D eigenvalue weighted by Crippen LogP contribution is -2.46. The molecule has 8 heteroatoms. The Bertz CT molecular complexity index is 792. The van der Waals surface area contributed by atoms with Crippen molar-refractivity contribution in [2.75, 3.05) is 26.4 Å². The molecule has 1 saturated heterocycles. The van der Waals surface area contributed by atoms with Crippen molar-refractivity contribution in [3.63, 3.8) is 0 Å². The number of nitrogens with one attached hydrogen (secondary N) is 1. The molecule has 0 spiro atoms. The van der Waals surface area contributed by atoms with Gasteiger partial charge in [0.1, 0.15) is 9.88 Å². The molecule has 1 fully saturated rings. The summed E-state index contributed by atoms with van der Waals surface area (Å²) in [6.07, 6.45) is 4.69. The lowest BCUT2D eigenvalue weighted by Gasteiger charge is -2.34. The van der Waals surface area contributed by atoms with E-state index in [1.807, 2.05) is 23.1 Å². The van der Waals surface area contributed by atoms with Crippen LogP contribution in [0.5, 0.6) is 11.5 Å². The van der Waals surface area contributed by atoms with E-state index >= 15 is 0 Å². The summed E-state index contributed by atoms with van der Waals surface area (Å²) in [6, 6.07) is 6.09. The average Bonchev–Trinajstić information content (AvgIpc) is 3.35. The molecular weight excluding hydrogens is 386 g/mol. The Morgan fingerprint density at radius 1 is 1.30 bits per heavy atom. The standard InChI is InChI=1S/C19H23N3O3S.ClH/c1-2-9-22(14-5-7-20-8-6-14)19(23)17-11-21-18(26-17)13-3-4-15-16(10-13)25-12-24-15;/h3-4,10-11,14,20H,2,5-9,12H2,1H3;1H. The van der Waals surface area contributed by atoms with E-state index in [4.69, 9.17) is 9.47 Å². The van der Waals surface area contributed by atoms with Gasteiger partial charge in [-0.25, -0.2) is 4.98 Å². The third-order valence-electron chi connectivity index (χ3n) is 4.81. The van der Waals surface area contributed by atoms with Crippen molar-refractivity contribution in [3.05, 3.63) is 29.3 Å². The molecule has 1 amide bonds. The molecule has 0 aliphatic carbocycles. The number of halogens is 1. The number of fused-ring (bicyclic) bond motifs is 1. The number of benzene rings is 1. The highest BCUT2D eigenvalue weighted by Gasteiger charge is 2.27. The maximum atomic E-state index is 13.1. The molecular formula is C19H24ClN3O3S. The van der Waals surface area contributed by atoms with Crippen LogP contribution in [0.1, 0.15) is 35.9 Å². The largest absolute Gasteiger partial charge is 0.454 e. The van der Waals surface area contributed by atoms with E-state index in [1.165, 1.54) is 11.3 Å². The van der Waals surface area contributed by atoms with Crippen LogP contribution in [-0.4, -0.2) is 48.3 Å². The number of ether oxygens (including phenoxy) is 2. The summed E-state index contributed by atoms with van der Waals surface area (Å²) in [5, 5.41) is 4.19. The van der Waals surface area contributed by atoms with Crippen LogP contribution in [0.3, 0.4) is 0 Å². The van der Waals surface area contributed by atoms with Gasteiger partial charge in [0, 0.05) is 18.2 Å². The first-order valence-corrected chi connectivity index (χ1v) is 9.95. The van der Waals surface area contributed by atoms with Gasteiger partial charge >= 0.3 is 0 Å². The second-order valence-corrected chi connectivity index (χ2v) is 7.61. The van der Waals surface area contributed by atoms with Crippen molar-refractivity contribution in [2.24, 2.45) is 0 Å². The Balaban J connectivity index is 0.00000210. The topological polar surface area (TPSA) is 63.7 Å². The highest BCUT2D eigenvalue weighted by molar-refractivity contribution is 7.16. The zero-order chi connectivity index (χ0) is 17.9. The summed E-state index contributed by atoms with van der Waals surface area (Å²) in [5.41, 5.74) is 0.946. The van der Waals surface area contributed by atoms with Gasteiger partial charge in [-0.05, 0) is 50.6 Å². The molecule has 4 rings (SSSR count). The third kappa shape index (κ3) is 4.20. The minimum atomic E-state index is 0. The fraction of sp³-hybridized carbons (Fsp3) is 0.474. The quantitative estimate of drug-likeness (QED) is 0.817. The van der Waals surface area contributed by atoms with Gasteiger partial charge in [0.15, 0.2) is 11.5 Å². The molecule has 1 aromatic carbocycles. The van der Waals surface area contributed by atoms with Crippen molar-refractivity contribution in [1.82, 2.24) is 15.2 Å². The Morgan fingerprint density at radius 3 is 2.85 bits per heavy atom. The van der Waals surface area contributed by atoms with E-state index < -0.39 is 0 Å². The Kier molecular flexibility index (Phi) is 6.57. The summed E-state index contributed by atoms with van der Waals surface area (Å²) in [5.74, 6) is 1.58. The van der Waals surface area contributed by atoms with E-state index in [1.54, 1.807) is 6.20 Å². The molecule has 146 valence electrons. The summed E-state index contributed by atoms with van der Waals surface area (Å²) in [4.78, 5) is 20.3. The molecule has 27 heavy (non-hydrogen) atoms. The summed E-state index contributed by atoms with van der Waals surface area (Å²) in [6.45, 7) is 5.11. The number of aromatic nitrogens is 1. The number of rotatable bonds is 5. The zero-order valence-corrected chi connectivity index (χ0v) is 16.9. The first-order chi connectivity index (χ1) is 12.8. The smallest absolute Gasteiger partial charge is 0.265 e. The van der Waals surface area contributed by atoms with Crippen LogP contribution in [0.15, 0.2) is 24.4 Å². The van der Waals surface area contributed by atoms with Crippen LogP contribution in [0.25, 0.3) is 10.6 Å². The van der Waals surface area contributed by atoms with Crippen molar-refractivity contribution >= 4 is 29.7 Å². The lowest BCUT2D eigenvalue weighted by molar-refractivity contribution is 0.0647. The van der Waals surface area contributed by atoms with Crippen LogP contribution >= 0.6 is 23.7 Å². The molecule has 1 aromatic heterocycles. The third-order valence-corrected chi connectivity index (χ3v) is 5.85. The van der Waals surface area contributed by atoms with Gasteiger partial charge in [-0.3, -0.25) is 4.79 Å². The predicted octanol–water partition coefficient (Wildman–Crippen LogP) is 3.56. The average molecular weight is 410 g/mol. The number of thiazole rings is 1. The fourth-order valence-electron chi connectivity index (χ4n) is 3.49. The molecule has 2 aliphatic heterocycles. The first kappa shape index (κ1) is 19.9. The van der Waals surface area contributed by atoms with E-state index in [2.05, 4.69) is 17.2 Å². The molecule has 3 heterocycles. The summed E-state index contributed by atoms with van der Waals surface area (Å²) < 4.78 is 10.8. The molecule has 0 atom stereocenters. The number of carbonyl (C=O) groups is 1. The Labute approximate surface area is 169 Å². The minimum Gasteiger partial charge on any atom is -0.454 e. The van der Waals surface area contributed by atoms with Gasteiger partial charge in [-0.2, -0.15) is 0 Å². The number of carbonyl (C=O) groups excluding carboxylic acids is 1. The summed E-state index contributed by atoms with van der Waals surface area (Å²) >= 11 is 1.44. The van der Waals surface area contributed by atoms with Crippen LogP contribution in [0.2, 0.25) is 0 Å². The number of hydrogen-bond acceptors (Lipinski definition) is 6. The molecule has 0 radical (unpaired) electrons. The van der Waals surface area contributed by atoms with Crippen molar-refractivity contribution in [2.45, 2.75) is 32.2 Å². The van der Waals surface area contributed by atoms with Crippen molar-refractivity contribution in [1.29, 1.82) is 0 Å². The van der Waals surface area contributed by atoms with Gasteiger partial charge in [0.2, 0.25) is 6.79 Å². The van der Waals surface area contributed by atoms with Gasteiger partial charge < -0.3 is 19.7 Å². The van der Waals surface area contributed by atoms with Gasteiger partial charge in [0.25, 0.3) is 5.91 Å². The fourth-order valence-corrected chi connectivity index (χ4v) is 4.36. The molecule has 0 saturated carbocycles.